The molecular weight excluding hydrogens is 641 g/mol. The van der Waals surface area contributed by atoms with Crippen molar-refractivity contribution in [2.45, 2.75) is 25.7 Å². The largest absolute Gasteiger partial charge is 0.324 e. The van der Waals surface area contributed by atoms with Crippen molar-refractivity contribution in [3.8, 4) is 0 Å². The number of para-hydroxylation sites is 2. The van der Waals surface area contributed by atoms with Gasteiger partial charge < -0.3 is 21.3 Å². The van der Waals surface area contributed by atoms with Crippen LogP contribution >= 0.6 is 0 Å². The molecular formula is C35H32N10O3S. The van der Waals surface area contributed by atoms with Crippen LogP contribution in [-0.2, 0) is 10.1 Å². The van der Waals surface area contributed by atoms with Gasteiger partial charge in [0.25, 0.3) is 10.1 Å². The Hall–Kier alpha value is -6.25. The van der Waals surface area contributed by atoms with Crippen molar-refractivity contribution in [3.63, 3.8) is 0 Å². The third-order valence-electron chi connectivity index (χ3n) is 7.07. The van der Waals surface area contributed by atoms with E-state index in [1.165, 1.54) is 6.07 Å². The number of aryl methyl sites for hydroxylation is 3. The minimum Gasteiger partial charge on any atom is -0.324 e. The van der Waals surface area contributed by atoms with E-state index in [0.717, 1.165) is 28.2 Å². The Balaban J connectivity index is 1.18. The van der Waals surface area contributed by atoms with Crippen LogP contribution in [0.15, 0.2) is 102 Å². The van der Waals surface area contributed by atoms with Crippen molar-refractivity contribution in [2.24, 2.45) is 0 Å². The fraction of sp³-hybridized carbons (Fsp3) is 0.0857. The second-order valence-electron chi connectivity index (χ2n) is 10.9. The maximum Gasteiger partial charge on any atom is 0.295 e. The van der Waals surface area contributed by atoms with E-state index in [2.05, 4.69) is 51.2 Å². The molecule has 14 heteroatoms. The maximum absolute atomic E-state index is 12.4. The number of benzene rings is 4. The molecule has 0 saturated carbocycles. The van der Waals surface area contributed by atoms with E-state index in [1.54, 1.807) is 38.1 Å². The molecule has 5 N–H and O–H groups in total. The Morgan fingerprint density at radius 3 is 1.37 bits per heavy atom. The first-order valence-corrected chi connectivity index (χ1v) is 16.6. The molecule has 0 aliphatic heterocycles. The standard InChI is InChI=1S/C35H32N10O3S/c1-22-20-29(42-34-38-23(2)36-32(44-34)40-27-10-6-4-7-11-27)18-16-25(22)14-15-26-17-19-30(21-31(26)49(46,47)48)43-35-39-24(3)37-33(45-35)41-28-12-8-5-9-13-28/h4-21H,1-3H3,(H,46,47,48)(H2,36,38,40,42,44)(H2,37,39,41,43,45). The van der Waals surface area contributed by atoms with Crippen LogP contribution in [0.4, 0.5) is 46.5 Å². The second kappa shape index (κ2) is 14.3. The summed E-state index contributed by atoms with van der Waals surface area (Å²) >= 11 is 0. The molecule has 0 radical (unpaired) electrons. The van der Waals surface area contributed by atoms with Crippen LogP contribution in [-0.4, -0.2) is 42.9 Å². The molecule has 0 bridgehead atoms. The normalized spacial score (nSPS) is 11.3. The number of nitrogens with one attached hydrogen (secondary N) is 4. The molecule has 0 fully saturated rings. The van der Waals surface area contributed by atoms with E-state index in [9.17, 15) is 13.0 Å². The first kappa shape index (κ1) is 32.7. The highest BCUT2D eigenvalue weighted by Gasteiger charge is 2.16. The lowest BCUT2D eigenvalue weighted by molar-refractivity contribution is 0.483. The summed E-state index contributed by atoms with van der Waals surface area (Å²) < 4.78 is 35.0. The average Bonchev–Trinajstić information content (AvgIpc) is 3.05. The highest BCUT2D eigenvalue weighted by molar-refractivity contribution is 7.86. The molecule has 2 heterocycles. The average molecular weight is 673 g/mol. The molecule has 0 aliphatic carbocycles. The SMILES string of the molecule is Cc1nc(Nc2ccccc2)nc(Nc2ccc(C=Cc3ccc(Nc4nc(C)nc(Nc5ccccc5)n4)cc3S(=O)(=O)O)c(C)c2)n1. The Morgan fingerprint density at radius 1 is 0.510 bits per heavy atom. The third kappa shape index (κ3) is 8.77. The summed E-state index contributed by atoms with van der Waals surface area (Å²) in [4.78, 5) is 26.0. The minimum absolute atomic E-state index is 0.204. The number of hydrogen-bond acceptors (Lipinski definition) is 12. The van der Waals surface area contributed by atoms with Gasteiger partial charge >= 0.3 is 0 Å². The van der Waals surface area contributed by atoms with Crippen LogP contribution in [0.2, 0.25) is 0 Å². The summed E-state index contributed by atoms with van der Waals surface area (Å²) in [5, 5.41) is 12.5. The van der Waals surface area contributed by atoms with Gasteiger partial charge in [-0.2, -0.15) is 38.3 Å². The van der Waals surface area contributed by atoms with Gasteiger partial charge in [-0.1, -0.05) is 60.7 Å². The summed E-state index contributed by atoms with van der Waals surface area (Å²) in [6.07, 6.45) is 3.41. The lowest BCUT2D eigenvalue weighted by Crippen LogP contribution is -2.06. The van der Waals surface area contributed by atoms with Gasteiger partial charge in [-0.05, 0) is 86.0 Å². The van der Waals surface area contributed by atoms with Crippen LogP contribution in [0.1, 0.15) is 28.3 Å². The van der Waals surface area contributed by atoms with Crippen molar-refractivity contribution in [3.05, 3.63) is 125 Å². The van der Waals surface area contributed by atoms with Gasteiger partial charge in [-0.15, -0.1) is 0 Å². The predicted molar refractivity (Wildman–Crippen MR) is 192 cm³/mol. The Morgan fingerprint density at radius 2 is 0.918 bits per heavy atom. The summed E-state index contributed by atoms with van der Waals surface area (Å²) in [6, 6.07) is 29.3. The summed E-state index contributed by atoms with van der Waals surface area (Å²) in [6.45, 7) is 5.44. The van der Waals surface area contributed by atoms with E-state index < -0.39 is 10.1 Å². The zero-order valence-electron chi connectivity index (χ0n) is 26.7. The number of rotatable bonds is 11. The van der Waals surface area contributed by atoms with Crippen molar-refractivity contribution in [1.82, 2.24) is 29.9 Å². The monoisotopic (exact) mass is 672 g/mol. The molecule has 4 aromatic carbocycles. The smallest absolute Gasteiger partial charge is 0.295 e. The van der Waals surface area contributed by atoms with E-state index in [-0.39, 0.29) is 10.8 Å². The van der Waals surface area contributed by atoms with Crippen LogP contribution in [0, 0.1) is 20.8 Å². The molecule has 0 unspecified atom stereocenters. The molecule has 246 valence electrons. The molecule has 6 aromatic rings. The maximum atomic E-state index is 12.4. The number of anilines is 8. The minimum atomic E-state index is -4.58. The number of aromatic nitrogens is 6. The van der Waals surface area contributed by atoms with Gasteiger partial charge in [0.2, 0.25) is 23.8 Å². The third-order valence-corrected chi connectivity index (χ3v) is 7.98. The highest BCUT2D eigenvalue weighted by atomic mass is 32.2. The van der Waals surface area contributed by atoms with Crippen molar-refractivity contribution < 1.29 is 13.0 Å². The van der Waals surface area contributed by atoms with Crippen LogP contribution in [0.25, 0.3) is 12.2 Å². The fourth-order valence-corrected chi connectivity index (χ4v) is 5.55. The summed E-state index contributed by atoms with van der Waals surface area (Å²) in [5.74, 6) is 2.33. The van der Waals surface area contributed by atoms with Gasteiger partial charge in [0.15, 0.2) is 0 Å². The van der Waals surface area contributed by atoms with E-state index in [1.807, 2.05) is 85.8 Å². The van der Waals surface area contributed by atoms with Gasteiger partial charge in [0, 0.05) is 22.7 Å². The molecule has 0 aliphatic rings. The molecule has 2 aromatic heterocycles. The van der Waals surface area contributed by atoms with Crippen molar-refractivity contribution in [2.75, 3.05) is 21.3 Å². The topological polar surface area (TPSA) is 180 Å². The molecule has 0 atom stereocenters. The quantitative estimate of drug-likeness (QED) is 0.0680. The lowest BCUT2D eigenvalue weighted by atomic mass is 10.1. The van der Waals surface area contributed by atoms with Crippen molar-refractivity contribution in [1.29, 1.82) is 0 Å². The van der Waals surface area contributed by atoms with E-state index >= 15 is 0 Å². The summed E-state index contributed by atoms with van der Waals surface area (Å²) in [7, 11) is -4.58. The molecule has 0 spiro atoms. The van der Waals surface area contributed by atoms with Gasteiger partial charge in [-0.3, -0.25) is 4.55 Å². The summed E-state index contributed by atoms with van der Waals surface area (Å²) in [5.41, 5.74) is 4.83. The van der Waals surface area contributed by atoms with Gasteiger partial charge in [0.1, 0.15) is 16.5 Å². The van der Waals surface area contributed by atoms with Gasteiger partial charge in [0.05, 0.1) is 0 Å². The number of nitrogens with zero attached hydrogens (tertiary/aromatic N) is 6. The first-order chi connectivity index (χ1) is 23.6. The first-order valence-electron chi connectivity index (χ1n) is 15.1. The zero-order valence-corrected chi connectivity index (χ0v) is 27.6. The van der Waals surface area contributed by atoms with Crippen LogP contribution in [0.3, 0.4) is 0 Å². The van der Waals surface area contributed by atoms with Crippen LogP contribution < -0.4 is 21.3 Å². The second-order valence-corrected chi connectivity index (χ2v) is 12.3. The molecule has 6 rings (SSSR count). The molecule has 49 heavy (non-hydrogen) atoms. The lowest BCUT2D eigenvalue weighted by Gasteiger charge is -2.11. The Kier molecular flexibility index (Phi) is 9.50. The Bertz CT molecular complexity index is 2250. The highest BCUT2D eigenvalue weighted by Crippen LogP contribution is 2.26. The van der Waals surface area contributed by atoms with Crippen molar-refractivity contribution >= 4 is 68.8 Å². The zero-order chi connectivity index (χ0) is 34.4. The molecule has 0 saturated heterocycles. The van der Waals surface area contributed by atoms with E-state index in [4.69, 9.17) is 0 Å². The fourth-order valence-electron chi connectivity index (χ4n) is 4.84. The molecule has 13 nitrogen and oxygen atoms in total. The van der Waals surface area contributed by atoms with E-state index in [0.29, 0.717) is 40.7 Å². The van der Waals surface area contributed by atoms with Crippen LogP contribution in [0.5, 0.6) is 0 Å². The number of hydrogen-bond donors (Lipinski definition) is 5. The Labute approximate surface area is 283 Å². The predicted octanol–water partition coefficient (Wildman–Crippen LogP) is 7.37. The molecule has 0 amide bonds. The van der Waals surface area contributed by atoms with Gasteiger partial charge in [-0.25, -0.2) is 0 Å².